The van der Waals surface area contributed by atoms with Crippen molar-refractivity contribution < 1.29 is 14.8 Å². The summed E-state index contributed by atoms with van der Waals surface area (Å²) in [7, 11) is -1.41. The smallest absolute Gasteiger partial charge is 0.426 e. The van der Waals surface area contributed by atoms with Gasteiger partial charge in [-0.1, -0.05) is 19.3 Å². The number of rotatable bonds is 5. The molecule has 1 aliphatic heterocycles. The molecule has 0 unspecified atom stereocenters. The molecule has 1 amide bonds. The Morgan fingerprint density at radius 1 is 1.16 bits per heavy atom. The molecule has 6 heteroatoms. The van der Waals surface area contributed by atoms with Crippen molar-refractivity contribution in [2.45, 2.75) is 50.9 Å². The van der Waals surface area contributed by atoms with Crippen LogP contribution in [-0.2, 0) is 4.79 Å². The molecule has 1 heterocycles. The first-order chi connectivity index (χ1) is 9.18. The van der Waals surface area contributed by atoms with E-state index in [9.17, 15) is 14.8 Å². The molecule has 1 atom stereocenters. The van der Waals surface area contributed by atoms with Crippen LogP contribution in [0.1, 0.15) is 44.9 Å². The molecule has 0 aromatic heterocycles. The maximum atomic E-state index is 12.0. The second kappa shape index (κ2) is 7.26. The van der Waals surface area contributed by atoms with Gasteiger partial charge in [0.25, 0.3) is 0 Å². The van der Waals surface area contributed by atoms with E-state index in [1.54, 1.807) is 4.90 Å². The summed E-state index contributed by atoms with van der Waals surface area (Å²) in [6.45, 7) is 1.87. The van der Waals surface area contributed by atoms with Gasteiger partial charge in [0.1, 0.15) is 0 Å². The minimum Gasteiger partial charge on any atom is -0.426 e. The predicted molar refractivity (Wildman–Crippen MR) is 74.4 cm³/mol. The van der Waals surface area contributed by atoms with Gasteiger partial charge in [-0.15, -0.1) is 0 Å². The van der Waals surface area contributed by atoms with E-state index in [0.29, 0.717) is 25.4 Å². The predicted octanol–water partition coefficient (Wildman–Crippen LogP) is 0.159. The lowest BCUT2D eigenvalue weighted by molar-refractivity contribution is -0.130. The Hall–Kier alpha value is -0.585. The van der Waals surface area contributed by atoms with E-state index in [2.05, 4.69) is 5.32 Å². The highest BCUT2D eigenvalue weighted by Crippen LogP contribution is 2.22. The lowest BCUT2D eigenvalue weighted by atomic mass is 9.78. The quantitative estimate of drug-likeness (QED) is 0.621. The minimum atomic E-state index is -1.41. The van der Waals surface area contributed by atoms with E-state index >= 15 is 0 Å². The molecule has 108 valence electrons. The molecule has 19 heavy (non-hydrogen) atoms. The van der Waals surface area contributed by atoms with Crippen molar-refractivity contribution in [3.8, 4) is 0 Å². The molecule has 3 N–H and O–H groups in total. The number of likely N-dealkylation sites (tertiary alicyclic amines) is 1. The summed E-state index contributed by atoms with van der Waals surface area (Å²) >= 11 is 0. The molecule has 0 spiro atoms. The third-order valence-corrected chi connectivity index (χ3v) is 4.40. The Morgan fingerprint density at radius 3 is 2.58 bits per heavy atom. The summed E-state index contributed by atoms with van der Waals surface area (Å²) in [5.41, 5.74) is 0. The molecule has 5 nitrogen and oxygen atoms in total. The Labute approximate surface area is 115 Å². The maximum Gasteiger partial charge on any atom is 0.475 e. The summed E-state index contributed by atoms with van der Waals surface area (Å²) in [5, 5.41) is 21.7. The van der Waals surface area contributed by atoms with Crippen LogP contribution in [0.4, 0.5) is 0 Å². The average Bonchev–Trinajstić information content (AvgIpc) is 2.89. The summed E-state index contributed by atoms with van der Waals surface area (Å²) in [6.07, 6.45) is 8.05. The fraction of sp³-hybridized carbons (Fsp3) is 0.923. The molecule has 0 aromatic rings. The number of hydrogen-bond acceptors (Lipinski definition) is 4. The zero-order valence-corrected chi connectivity index (χ0v) is 11.6. The van der Waals surface area contributed by atoms with Crippen molar-refractivity contribution in [1.29, 1.82) is 0 Å². The lowest BCUT2D eigenvalue weighted by Gasteiger charge is -2.25. The van der Waals surface area contributed by atoms with Crippen LogP contribution < -0.4 is 5.32 Å². The van der Waals surface area contributed by atoms with Crippen LogP contribution in [0.15, 0.2) is 0 Å². The highest BCUT2D eigenvalue weighted by atomic mass is 16.4. The normalized spacial score (nSPS) is 24.7. The first-order valence-corrected chi connectivity index (χ1v) is 7.55. The molecule has 0 aromatic carbocycles. The fourth-order valence-electron chi connectivity index (χ4n) is 3.29. The SMILES string of the molecule is O=C(CNCC1CCCCC1)N1CCC[C@H]1B(O)O. The zero-order valence-electron chi connectivity index (χ0n) is 11.6. The third-order valence-electron chi connectivity index (χ3n) is 4.40. The van der Waals surface area contributed by atoms with Gasteiger partial charge in [-0.2, -0.15) is 0 Å². The van der Waals surface area contributed by atoms with Crippen LogP contribution in [-0.4, -0.2) is 53.5 Å². The molecule has 1 saturated heterocycles. The standard InChI is InChI=1S/C13H25BN2O3/c17-13(16-8-4-7-12(16)14(18)19)10-15-9-11-5-2-1-3-6-11/h11-12,15,18-19H,1-10H2/t12-/m0/s1. The molecule has 0 radical (unpaired) electrons. The second-order valence-corrected chi connectivity index (χ2v) is 5.85. The monoisotopic (exact) mass is 268 g/mol. The van der Waals surface area contributed by atoms with Gasteiger partial charge in [0.05, 0.1) is 12.5 Å². The van der Waals surface area contributed by atoms with Gasteiger partial charge in [0.15, 0.2) is 0 Å². The Kier molecular flexibility index (Phi) is 5.67. The number of carbonyl (C=O) groups is 1. The Bertz CT molecular complexity index is 296. The number of nitrogens with one attached hydrogen (secondary N) is 1. The van der Waals surface area contributed by atoms with Crippen LogP contribution in [0.3, 0.4) is 0 Å². The third kappa shape index (κ3) is 4.19. The lowest BCUT2D eigenvalue weighted by Crippen LogP contribution is -2.48. The zero-order chi connectivity index (χ0) is 13.7. The van der Waals surface area contributed by atoms with E-state index < -0.39 is 13.1 Å². The van der Waals surface area contributed by atoms with Crippen molar-refractivity contribution in [2.75, 3.05) is 19.6 Å². The van der Waals surface area contributed by atoms with Crippen LogP contribution in [0, 0.1) is 5.92 Å². The van der Waals surface area contributed by atoms with Gasteiger partial charge in [0.2, 0.25) is 5.91 Å². The molecule has 1 aliphatic carbocycles. The molecular weight excluding hydrogens is 243 g/mol. The number of hydrogen-bond donors (Lipinski definition) is 3. The van der Waals surface area contributed by atoms with E-state index in [0.717, 1.165) is 13.0 Å². The largest absolute Gasteiger partial charge is 0.475 e. The van der Waals surface area contributed by atoms with Gasteiger partial charge in [0, 0.05) is 6.54 Å². The summed E-state index contributed by atoms with van der Waals surface area (Å²) in [5.74, 6) is 0.287. The highest BCUT2D eigenvalue weighted by Gasteiger charge is 2.36. The molecule has 2 aliphatic rings. The van der Waals surface area contributed by atoms with E-state index in [4.69, 9.17) is 0 Å². The minimum absolute atomic E-state index is 0.00795. The number of amides is 1. The molecule has 2 rings (SSSR count). The summed E-state index contributed by atoms with van der Waals surface area (Å²) in [6, 6.07) is 0. The van der Waals surface area contributed by atoms with Gasteiger partial charge in [-0.05, 0) is 38.1 Å². The molecule has 1 saturated carbocycles. The average molecular weight is 268 g/mol. The van der Waals surface area contributed by atoms with Crippen molar-refractivity contribution in [3.05, 3.63) is 0 Å². The van der Waals surface area contributed by atoms with Crippen LogP contribution in [0.5, 0.6) is 0 Å². The van der Waals surface area contributed by atoms with Crippen molar-refractivity contribution in [3.63, 3.8) is 0 Å². The van der Waals surface area contributed by atoms with E-state index in [1.807, 2.05) is 0 Å². The molecular formula is C13H25BN2O3. The Morgan fingerprint density at radius 2 is 1.89 bits per heavy atom. The number of nitrogens with zero attached hydrogens (tertiary/aromatic N) is 1. The summed E-state index contributed by atoms with van der Waals surface area (Å²) in [4.78, 5) is 13.7. The first kappa shape index (κ1) is 14.8. The van der Waals surface area contributed by atoms with Gasteiger partial charge in [-0.3, -0.25) is 4.79 Å². The van der Waals surface area contributed by atoms with Crippen LogP contribution >= 0.6 is 0 Å². The van der Waals surface area contributed by atoms with Crippen LogP contribution in [0.25, 0.3) is 0 Å². The highest BCUT2D eigenvalue weighted by molar-refractivity contribution is 6.43. The van der Waals surface area contributed by atoms with Crippen molar-refractivity contribution in [1.82, 2.24) is 10.2 Å². The van der Waals surface area contributed by atoms with E-state index in [1.165, 1.54) is 32.1 Å². The van der Waals surface area contributed by atoms with Gasteiger partial charge in [-0.25, -0.2) is 0 Å². The van der Waals surface area contributed by atoms with E-state index in [-0.39, 0.29) is 5.91 Å². The van der Waals surface area contributed by atoms with Gasteiger partial charge < -0.3 is 20.3 Å². The number of carbonyl (C=O) groups excluding carboxylic acids is 1. The Balaban J connectivity index is 1.68. The van der Waals surface area contributed by atoms with Gasteiger partial charge >= 0.3 is 7.12 Å². The van der Waals surface area contributed by atoms with Crippen molar-refractivity contribution >= 4 is 13.0 Å². The molecule has 0 bridgehead atoms. The van der Waals surface area contributed by atoms with Crippen LogP contribution in [0.2, 0.25) is 0 Å². The maximum absolute atomic E-state index is 12.0. The first-order valence-electron chi connectivity index (χ1n) is 7.55. The molecule has 2 fully saturated rings. The second-order valence-electron chi connectivity index (χ2n) is 5.85. The van der Waals surface area contributed by atoms with Crippen molar-refractivity contribution in [2.24, 2.45) is 5.92 Å². The fourth-order valence-corrected chi connectivity index (χ4v) is 3.29. The summed E-state index contributed by atoms with van der Waals surface area (Å²) < 4.78 is 0. The topological polar surface area (TPSA) is 72.8 Å².